The van der Waals surface area contributed by atoms with Gasteiger partial charge in [0.05, 0.1) is 23.8 Å². The highest BCUT2D eigenvalue weighted by molar-refractivity contribution is 6.03. The predicted octanol–water partition coefficient (Wildman–Crippen LogP) is 5.16. The van der Waals surface area contributed by atoms with Gasteiger partial charge < -0.3 is 19.9 Å². The van der Waals surface area contributed by atoms with Crippen LogP contribution in [-0.4, -0.2) is 38.3 Å². The standard InChI is InChI=1S/C32H39N7O2/c1-31(2)19-41-27-22(18-34-24-9-5-4-6-10-24)14-26(37-28(27)31)29(40)36-25-11-7-8-23(15-25)32(16-21(17-32)12-13-33)30-38-35-20-39(30)3/h7-8,11,14-15,20-21,24,34H,4-6,9-10,12,16-19H2,1-3H3,(H,36,40). The van der Waals surface area contributed by atoms with Crippen molar-refractivity contribution < 1.29 is 9.53 Å². The Balaban J connectivity index is 1.26. The fraction of sp³-hybridized carbons (Fsp3) is 0.531. The third kappa shape index (κ3) is 5.21. The number of carbonyl (C=O) groups excluding carboxylic acids is 1. The van der Waals surface area contributed by atoms with E-state index in [-0.39, 0.29) is 16.7 Å². The quantitative estimate of drug-likeness (QED) is 0.395. The molecule has 2 aliphatic carbocycles. The Hall–Kier alpha value is -3.77. The lowest BCUT2D eigenvalue weighted by molar-refractivity contribution is 0.102. The molecule has 2 saturated carbocycles. The Bertz CT molecular complexity index is 1480. The van der Waals surface area contributed by atoms with E-state index in [1.165, 1.54) is 32.1 Å². The van der Waals surface area contributed by atoms with Gasteiger partial charge in [-0.15, -0.1) is 10.2 Å². The van der Waals surface area contributed by atoms with Crippen LogP contribution in [0.1, 0.15) is 98.3 Å². The molecule has 9 heteroatoms. The average Bonchev–Trinajstić information content (AvgIpc) is 3.52. The van der Waals surface area contributed by atoms with E-state index in [0.29, 0.717) is 42.9 Å². The summed E-state index contributed by atoms with van der Waals surface area (Å²) in [5.74, 6) is 1.78. The topological polar surface area (TPSA) is 118 Å². The fourth-order valence-corrected chi connectivity index (χ4v) is 6.89. The van der Waals surface area contributed by atoms with Gasteiger partial charge in [0.1, 0.15) is 23.6 Å². The lowest BCUT2D eigenvalue weighted by atomic mass is 9.57. The van der Waals surface area contributed by atoms with Crippen LogP contribution in [0.3, 0.4) is 0 Å². The Labute approximate surface area is 241 Å². The third-order valence-electron chi connectivity index (χ3n) is 9.15. The number of pyridine rings is 1. The summed E-state index contributed by atoms with van der Waals surface area (Å²) in [6, 6.07) is 12.7. The number of hydrogen-bond acceptors (Lipinski definition) is 7. The van der Waals surface area contributed by atoms with Gasteiger partial charge in [-0.3, -0.25) is 4.79 Å². The lowest BCUT2D eigenvalue weighted by Gasteiger charge is -2.46. The molecule has 0 radical (unpaired) electrons. The molecule has 2 aromatic heterocycles. The van der Waals surface area contributed by atoms with Crippen LogP contribution >= 0.6 is 0 Å². The zero-order chi connectivity index (χ0) is 28.6. The number of rotatable bonds is 8. The molecule has 3 heterocycles. The molecule has 3 aliphatic rings. The molecular weight excluding hydrogens is 514 g/mol. The number of benzene rings is 1. The fourth-order valence-electron chi connectivity index (χ4n) is 6.89. The minimum atomic E-state index is -0.335. The van der Waals surface area contributed by atoms with Gasteiger partial charge in [-0.2, -0.15) is 5.26 Å². The van der Waals surface area contributed by atoms with Crippen LogP contribution in [0.15, 0.2) is 36.7 Å². The second-order valence-corrected chi connectivity index (χ2v) is 12.8. The van der Waals surface area contributed by atoms with E-state index in [4.69, 9.17) is 9.72 Å². The van der Waals surface area contributed by atoms with Gasteiger partial charge in [-0.1, -0.05) is 45.2 Å². The smallest absolute Gasteiger partial charge is 0.274 e. The summed E-state index contributed by atoms with van der Waals surface area (Å²) >= 11 is 0. The molecule has 0 bridgehead atoms. The van der Waals surface area contributed by atoms with Gasteiger partial charge in [-0.25, -0.2) is 4.98 Å². The third-order valence-corrected chi connectivity index (χ3v) is 9.15. The van der Waals surface area contributed by atoms with Crippen molar-refractivity contribution in [2.45, 2.75) is 88.6 Å². The molecule has 3 aromatic rings. The number of aryl methyl sites for hydroxylation is 1. The zero-order valence-electron chi connectivity index (χ0n) is 24.2. The van der Waals surface area contributed by atoms with Gasteiger partial charge in [0, 0.05) is 42.7 Å². The van der Waals surface area contributed by atoms with Gasteiger partial charge in [0.2, 0.25) is 0 Å². The normalized spacial score (nSPS) is 23.2. The van der Waals surface area contributed by atoms with Crippen LogP contribution < -0.4 is 15.4 Å². The van der Waals surface area contributed by atoms with E-state index in [1.807, 2.05) is 35.9 Å². The maximum absolute atomic E-state index is 13.7. The van der Waals surface area contributed by atoms with E-state index in [2.05, 4.69) is 46.8 Å². The average molecular weight is 554 g/mol. The highest BCUT2D eigenvalue weighted by atomic mass is 16.5. The Kier molecular flexibility index (Phi) is 7.28. The summed E-state index contributed by atoms with van der Waals surface area (Å²) in [6.07, 6.45) is 10.1. The highest BCUT2D eigenvalue weighted by Crippen LogP contribution is 2.53. The number of anilines is 1. The van der Waals surface area contributed by atoms with Crippen molar-refractivity contribution in [1.29, 1.82) is 5.26 Å². The maximum atomic E-state index is 13.7. The Morgan fingerprint density at radius 1 is 1.20 bits per heavy atom. The first kappa shape index (κ1) is 27.4. The molecule has 1 amide bonds. The van der Waals surface area contributed by atoms with Crippen molar-refractivity contribution in [3.05, 3.63) is 65.0 Å². The van der Waals surface area contributed by atoms with Crippen molar-refractivity contribution in [3.63, 3.8) is 0 Å². The number of ether oxygens (including phenoxy) is 1. The molecule has 0 saturated heterocycles. The minimum Gasteiger partial charge on any atom is -0.490 e. The van der Waals surface area contributed by atoms with Gasteiger partial charge in [-0.05, 0) is 55.4 Å². The molecule has 0 unspecified atom stereocenters. The van der Waals surface area contributed by atoms with Gasteiger partial charge in [0.15, 0.2) is 0 Å². The number of nitrogens with zero attached hydrogens (tertiary/aromatic N) is 5. The second kappa shape index (κ2) is 10.9. The highest BCUT2D eigenvalue weighted by Gasteiger charge is 2.49. The maximum Gasteiger partial charge on any atom is 0.274 e. The van der Waals surface area contributed by atoms with Gasteiger partial charge >= 0.3 is 0 Å². The van der Waals surface area contributed by atoms with E-state index in [0.717, 1.165) is 41.2 Å². The molecule has 9 nitrogen and oxygen atoms in total. The molecule has 0 atom stereocenters. The molecular formula is C32H39N7O2. The monoisotopic (exact) mass is 553 g/mol. The summed E-state index contributed by atoms with van der Waals surface area (Å²) in [5.41, 5.74) is 3.40. The van der Waals surface area contributed by atoms with Crippen molar-refractivity contribution in [2.24, 2.45) is 13.0 Å². The summed E-state index contributed by atoms with van der Waals surface area (Å²) in [5, 5.41) is 24.6. The van der Waals surface area contributed by atoms with Crippen LogP contribution in [0, 0.1) is 17.2 Å². The summed E-state index contributed by atoms with van der Waals surface area (Å²) in [4.78, 5) is 18.5. The molecule has 6 rings (SSSR count). The number of nitrogens with one attached hydrogen (secondary N) is 2. The zero-order valence-corrected chi connectivity index (χ0v) is 24.2. The van der Waals surface area contributed by atoms with E-state index < -0.39 is 0 Å². The second-order valence-electron chi connectivity index (χ2n) is 12.8. The van der Waals surface area contributed by atoms with Crippen molar-refractivity contribution in [2.75, 3.05) is 11.9 Å². The van der Waals surface area contributed by atoms with Crippen LogP contribution in [0.2, 0.25) is 0 Å². The molecule has 0 spiro atoms. The molecule has 41 heavy (non-hydrogen) atoms. The Morgan fingerprint density at radius 3 is 2.73 bits per heavy atom. The predicted molar refractivity (Wildman–Crippen MR) is 156 cm³/mol. The van der Waals surface area contributed by atoms with E-state index in [9.17, 15) is 10.1 Å². The van der Waals surface area contributed by atoms with Crippen LogP contribution in [-0.2, 0) is 24.4 Å². The molecule has 2 fully saturated rings. The number of hydrogen-bond donors (Lipinski definition) is 2. The molecule has 1 aromatic carbocycles. The molecule has 214 valence electrons. The van der Waals surface area contributed by atoms with Crippen LogP contribution in [0.25, 0.3) is 0 Å². The largest absolute Gasteiger partial charge is 0.490 e. The number of carbonyl (C=O) groups is 1. The van der Waals surface area contributed by atoms with Crippen LogP contribution in [0.4, 0.5) is 5.69 Å². The molecule has 2 N–H and O–H groups in total. The van der Waals surface area contributed by atoms with E-state index >= 15 is 0 Å². The van der Waals surface area contributed by atoms with Crippen LogP contribution in [0.5, 0.6) is 5.75 Å². The summed E-state index contributed by atoms with van der Waals surface area (Å²) in [7, 11) is 1.95. The number of fused-ring (bicyclic) bond motifs is 1. The summed E-state index contributed by atoms with van der Waals surface area (Å²) in [6.45, 7) is 5.43. The SMILES string of the molecule is Cn1cnnc1C1(c2cccc(NC(=O)c3cc(CNC4CCCCC4)c4c(n3)C(C)(C)CO4)c2)CC(CC#N)C1. The lowest BCUT2D eigenvalue weighted by Crippen LogP contribution is -2.44. The number of aromatic nitrogens is 4. The molecule has 1 aliphatic heterocycles. The van der Waals surface area contributed by atoms with Crippen molar-refractivity contribution in [3.8, 4) is 11.8 Å². The first-order valence-corrected chi connectivity index (χ1v) is 14.8. The first-order chi connectivity index (χ1) is 19.8. The van der Waals surface area contributed by atoms with E-state index in [1.54, 1.807) is 6.33 Å². The Morgan fingerprint density at radius 2 is 2.00 bits per heavy atom. The summed E-state index contributed by atoms with van der Waals surface area (Å²) < 4.78 is 8.07. The number of amides is 1. The van der Waals surface area contributed by atoms with Crippen molar-refractivity contribution in [1.82, 2.24) is 25.1 Å². The van der Waals surface area contributed by atoms with Gasteiger partial charge in [0.25, 0.3) is 5.91 Å². The van der Waals surface area contributed by atoms with Crippen molar-refractivity contribution >= 4 is 11.6 Å². The number of nitriles is 1. The first-order valence-electron chi connectivity index (χ1n) is 14.8. The minimum absolute atomic E-state index is 0.241.